The molecule has 3 aromatic rings. The highest BCUT2D eigenvalue weighted by molar-refractivity contribution is 6.74. The van der Waals surface area contributed by atoms with Gasteiger partial charge in [0.05, 0.1) is 0 Å². The summed E-state index contributed by atoms with van der Waals surface area (Å²) in [5.74, 6) is -0.125. The fourth-order valence-electron chi connectivity index (χ4n) is 6.23. The van der Waals surface area contributed by atoms with Gasteiger partial charge in [-0.1, -0.05) is 60.2 Å². The van der Waals surface area contributed by atoms with E-state index in [-0.39, 0.29) is 24.6 Å². The molecule has 2 amide bonds. The van der Waals surface area contributed by atoms with E-state index in [9.17, 15) is 22.5 Å². The SMILES string of the molecule is Cc1c(CNC(=O)OCC2c3ccccc3-c3ccccc32)cc([B-](F)(F)F)c(C)c1N1CCN(C(=O)OC(C)(C)C)CC1. The van der Waals surface area contributed by atoms with Crippen molar-refractivity contribution < 1.29 is 32.0 Å². The maximum Gasteiger partial charge on any atom is 0.509 e. The van der Waals surface area contributed by atoms with Gasteiger partial charge in [0, 0.05) is 44.3 Å². The summed E-state index contributed by atoms with van der Waals surface area (Å²) in [5, 5.41) is 2.67. The molecule has 1 saturated heterocycles. The van der Waals surface area contributed by atoms with E-state index < -0.39 is 30.2 Å². The van der Waals surface area contributed by atoms with Crippen molar-refractivity contribution in [2.75, 3.05) is 37.7 Å². The molecule has 0 bridgehead atoms. The summed E-state index contributed by atoms with van der Waals surface area (Å²) >= 11 is 0. The summed E-state index contributed by atoms with van der Waals surface area (Å²) in [6, 6.07) is 17.1. The lowest BCUT2D eigenvalue weighted by Crippen LogP contribution is -2.51. The van der Waals surface area contributed by atoms with E-state index in [0.29, 0.717) is 43.0 Å². The van der Waals surface area contributed by atoms with Gasteiger partial charge in [0.15, 0.2) is 0 Å². The van der Waals surface area contributed by atoms with E-state index in [1.165, 1.54) is 6.92 Å². The average molecular weight is 608 g/mol. The second-order valence-electron chi connectivity index (χ2n) is 12.4. The largest absolute Gasteiger partial charge is 0.509 e. The lowest BCUT2D eigenvalue weighted by atomic mass is 9.74. The second-order valence-corrected chi connectivity index (χ2v) is 12.4. The van der Waals surface area contributed by atoms with Gasteiger partial charge < -0.3 is 37.5 Å². The summed E-state index contributed by atoms with van der Waals surface area (Å²) in [6.45, 7) is 4.65. The summed E-state index contributed by atoms with van der Waals surface area (Å²) in [5.41, 5.74) is 4.67. The minimum atomic E-state index is -5.31. The van der Waals surface area contributed by atoms with Crippen molar-refractivity contribution in [1.82, 2.24) is 10.2 Å². The number of hydrogen-bond acceptors (Lipinski definition) is 5. The second kappa shape index (κ2) is 12.1. The molecule has 2 aliphatic rings. The van der Waals surface area contributed by atoms with Gasteiger partial charge in [-0.25, -0.2) is 9.59 Å². The predicted molar refractivity (Wildman–Crippen MR) is 167 cm³/mol. The fourth-order valence-corrected chi connectivity index (χ4v) is 6.23. The highest BCUT2D eigenvalue weighted by Crippen LogP contribution is 2.44. The molecule has 0 spiro atoms. The van der Waals surface area contributed by atoms with Crippen LogP contribution in [0.2, 0.25) is 0 Å². The molecule has 44 heavy (non-hydrogen) atoms. The van der Waals surface area contributed by atoms with E-state index in [1.54, 1.807) is 32.6 Å². The maximum atomic E-state index is 14.2. The van der Waals surface area contributed by atoms with Crippen LogP contribution in [-0.2, 0) is 16.0 Å². The van der Waals surface area contributed by atoms with Crippen LogP contribution in [0.5, 0.6) is 0 Å². The third-order valence-corrected chi connectivity index (χ3v) is 8.32. The Hall–Kier alpha value is -4.15. The predicted octanol–water partition coefficient (Wildman–Crippen LogP) is 6.45. The number of rotatable bonds is 6. The van der Waals surface area contributed by atoms with Gasteiger partial charge in [-0.15, -0.1) is 5.46 Å². The number of nitrogens with one attached hydrogen (secondary N) is 1. The molecular formula is C33H38BF3N3O4-. The Balaban J connectivity index is 1.29. The van der Waals surface area contributed by atoms with E-state index in [2.05, 4.69) is 5.32 Å². The molecule has 11 heteroatoms. The van der Waals surface area contributed by atoms with Gasteiger partial charge >= 0.3 is 19.2 Å². The van der Waals surface area contributed by atoms with E-state index in [0.717, 1.165) is 28.3 Å². The Morgan fingerprint density at radius 1 is 0.909 bits per heavy atom. The van der Waals surface area contributed by atoms with Gasteiger partial charge in [-0.05, 0) is 68.0 Å². The standard InChI is InChI=1S/C33H38BF3N3O4/c1-21-23(19-38-31(41)43-20-28-26-12-8-6-10-24(26)25-11-7-9-13-27(25)28)18-29(34(35,36)37)22(2)30(21)39-14-16-40(17-15-39)32(42)44-33(3,4)5/h6-13,18,28H,14-17,19-20H2,1-5H3,(H,38,41)/q-1. The number of nitrogens with zero attached hydrogens (tertiary/aromatic N) is 2. The monoisotopic (exact) mass is 608 g/mol. The first-order valence-electron chi connectivity index (χ1n) is 14.9. The van der Waals surface area contributed by atoms with Crippen molar-refractivity contribution in [2.45, 2.75) is 52.7 Å². The summed E-state index contributed by atoms with van der Waals surface area (Å²) in [6.07, 6.45) is -1.13. The van der Waals surface area contributed by atoms with Crippen LogP contribution in [-0.4, -0.2) is 62.5 Å². The summed E-state index contributed by atoms with van der Waals surface area (Å²) in [4.78, 5) is 28.8. The van der Waals surface area contributed by atoms with Crippen molar-refractivity contribution >= 4 is 30.3 Å². The lowest BCUT2D eigenvalue weighted by molar-refractivity contribution is 0.0240. The Bertz CT molecular complexity index is 1520. The number of alkyl carbamates (subject to hydrolysis) is 1. The van der Waals surface area contributed by atoms with Crippen molar-refractivity contribution in [3.05, 3.63) is 82.4 Å². The normalized spacial score (nSPS) is 15.1. The van der Waals surface area contributed by atoms with Gasteiger partial charge in [0.1, 0.15) is 12.2 Å². The Morgan fingerprint density at radius 2 is 1.48 bits per heavy atom. The number of halogens is 3. The average Bonchev–Trinajstić information content (AvgIpc) is 3.28. The van der Waals surface area contributed by atoms with Crippen LogP contribution in [0.4, 0.5) is 28.2 Å². The number of carbonyl (C=O) groups is 2. The molecular weight excluding hydrogens is 570 g/mol. The topological polar surface area (TPSA) is 71.1 Å². The van der Waals surface area contributed by atoms with Crippen molar-refractivity contribution in [3.8, 4) is 11.1 Å². The highest BCUT2D eigenvalue weighted by atomic mass is 19.4. The summed E-state index contributed by atoms with van der Waals surface area (Å²) < 4.78 is 53.8. The maximum absolute atomic E-state index is 14.2. The van der Waals surface area contributed by atoms with Crippen molar-refractivity contribution in [3.63, 3.8) is 0 Å². The van der Waals surface area contributed by atoms with Crippen LogP contribution in [0.1, 0.15) is 54.5 Å². The first kappa shape index (κ1) is 31.3. The lowest BCUT2D eigenvalue weighted by Gasteiger charge is -2.39. The molecule has 1 aliphatic carbocycles. The molecule has 0 saturated carbocycles. The quantitative estimate of drug-likeness (QED) is 0.326. The van der Waals surface area contributed by atoms with Crippen LogP contribution < -0.4 is 15.7 Å². The van der Waals surface area contributed by atoms with Crippen LogP contribution >= 0.6 is 0 Å². The molecule has 1 fully saturated rings. The Kier molecular flexibility index (Phi) is 8.60. The number of hydrogen-bond donors (Lipinski definition) is 1. The van der Waals surface area contributed by atoms with Gasteiger partial charge in [0.2, 0.25) is 0 Å². The number of ether oxygens (including phenoxy) is 2. The zero-order valence-corrected chi connectivity index (χ0v) is 25.8. The number of carbonyl (C=O) groups excluding carboxylic acids is 2. The Morgan fingerprint density at radius 3 is 2.02 bits per heavy atom. The van der Waals surface area contributed by atoms with E-state index >= 15 is 0 Å². The molecule has 1 heterocycles. The number of benzene rings is 3. The highest BCUT2D eigenvalue weighted by Gasteiger charge is 2.33. The van der Waals surface area contributed by atoms with E-state index in [4.69, 9.17) is 9.47 Å². The fraction of sp³-hybridized carbons (Fsp3) is 0.394. The van der Waals surface area contributed by atoms with Gasteiger partial charge in [0.25, 0.3) is 0 Å². The number of anilines is 1. The number of fused-ring (bicyclic) bond motifs is 3. The molecule has 0 atom stereocenters. The van der Waals surface area contributed by atoms with Crippen LogP contribution in [0.15, 0.2) is 54.6 Å². The molecule has 7 nitrogen and oxygen atoms in total. The van der Waals surface area contributed by atoms with Gasteiger partial charge in [-0.3, -0.25) is 0 Å². The minimum absolute atomic E-state index is 0.108. The van der Waals surface area contributed by atoms with Crippen LogP contribution in [0, 0.1) is 13.8 Å². The molecule has 0 unspecified atom stereocenters. The number of piperazine rings is 1. The molecule has 5 rings (SSSR count). The van der Waals surface area contributed by atoms with Crippen molar-refractivity contribution in [1.29, 1.82) is 0 Å². The first-order chi connectivity index (χ1) is 20.7. The Labute approximate surface area is 256 Å². The molecule has 0 aromatic heterocycles. The zero-order chi connectivity index (χ0) is 31.8. The number of amides is 2. The van der Waals surface area contributed by atoms with Crippen LogP contribution in [0.3, 0.4) is 0 Å². The molecule has 234 valence electrons. The molecule has 1 N–H and O–H groups in total. The smallest absolute Gasteiger partial charge is 0.449 e. The molecule has 3 aromatic carbocycles. The zero-order valence-electron chi connectivity index (χ0n) is 25.8. The van der Waals surface area contributed by atoms with Crippen molar-refractivity contribution in [2.24, 2.45) is 0 Å². The molecule has 0 radical (unpaired) electrons. The first-order valence-corrected chi connectivity index (χ1v) is 14.9. The van der Waals surface area contributed by atoms with Crippen LogP contribution in [0.25, 0.3) is 11.1 Å². The third-order valence-electron chi connectivity index (χ3n) is 8.32. The minimum Gasteiger partial charge on any atom is -0.449 e. The van der Waals surface area contributed by atoms with Gasteiger partial charge in [-0.2, -0.15) is 0 Å². The summed E-state index contributed by atoms with van der Waals surface area (Å²) in [7, 11) is 0. The third kappa shape index (κ3) is 6.51. The van der Waals surface area contributed by atoms with E-state index in [1.807, 2.05) is 53.4 Å². The molecule has 1 aliphatic heterocycles.